The highest BCUT2D eigenvalue weighted by Gasteiger charge is 2.26. The second-order valence-electron chi connectivity index (χ2n) is 9.12. The van der Waals surface area contributed by atoms with Crippen LogP contribution in [-0.2, 0) is 4.79 Å². The Morgan fingerprint density at radius 1 is 1.00 bits per heavy atom. The molecule has 8 heteroatoms. The average molecular weight is 446 g/mol. The highest BCUT2D eigenvalue weighted by Crippen LogP contribution is 2.27. The van der Waals surface area contributed by atoms with Crippen molar-refractivity contribution in [1.29, 1.82) is 0 Å². The first-order valence-electron chi connectivity index (χ1n) is 11.6. The summed E-state index contributed by atoms with van der Waals surface area (Å²) >= 11 is 0. The number of nitrogens with zero attached hydrogens (tertiary/aromatic N) is 3. The minimum absolute atomic E-state index is 0.0517. The van der Waals surface area contributed by atoms with Gasteiger partial charge in [0.05, 0.1) is 5.56 Å². The van der Waals surface area contributed by atoms with Gasteiger partial charge in [-0.3, -0.25) is 9.59 Å². The van der Waals surface area contributed by atoms with Gasteiger partial charge in [-0.1, -0.05) is 6.92 Å². The lowest BCUT2D eigenvalue weighted by Gasteiger charge is -2.29. The van der Waals surface area contributed by atoms with Crippen molar-refractivity contribution in [3.05, 3.63) is 23.8 Å². The molecular formula is C24H39N5O3. The van der Waals surface area contributed by atoms with Crippen molar-refractivity contribution in [2.24, 2.45) is 0 Å². The van der Waals surface area contributed by atoms with Gasteiger partial charge >= 0.3 is 6.03 Å². The first kappa shape index (κ1) is 25.5. The second kappa shape index (κ2) is 11.2. The van der Waals surface area contributed by atoms with Crippen LogP contribution in [0.15, 0.2) is 18.2 Å². The SMILES string of the molecule is CCC(=O)Nc1ccc(N2CCCN(C(=O)NC(C)(C)C)CC2)c(C(=O)N(CC)CC)c1. The van der Waals surface area contributed by atoms with E-state index in [1.165, 1.54) is 0 Å². The number of rotatable bonds is 6. The van der Waals surface area contributed by atoms with Crippen molar-refractivity contribution in [3.63, 3.8) is 0 Å². The van der Waals surface area contributed by atoms with Crippen LogP contribution in [0.2, 0.25) is 0 Å². The van der Waals surface area contributed by atoms with E-state index >= 15 is 0 Å². The number of benzene rings is 1. The fourth-order valence-corrected chi connectivity index (χ4v) is 3.75. The molecule has 178 valence electrons. The predicted octanol–water partition coefficient (Wildman–Crippen LogP) is 3.54. The van der Waals surface area contributed by atoms with E-state index in [9.17, 15) is 14.4 Å². The van der Waals surface area contributed by atoms with Crippen LogP contribution in [0.25, 0.3) is 0 Å². The molecule has 1 aliphatic rings. The molecule has 0 spiro atoms. The summed E-state index contributed by atoms with van der Waals surface area (Å²) < 4.78 is 0. The van der Waals surface area contributed by atoms with Gasteiger partial charge in [-0.25, -0.2) is 4.79 Å². The van der Waals surface area contributed by atoms with Crippen molar-refractivity contribution < 1.29 is 14.4 Å². The quantitative estimate of drug-likeness (QED) is 0.701. The van der Waals surface area contributed by atoms with Gasteiger partial charge in [-0.05, 0) is 59.2 Å². The summed E-state index contributed by atoms with van der Waals surface area (Å²) in [4.78, 5) is 43.6. The molecule has 0 unspecified atom stereocenters. The van der Waals surface area contributed by atoms with E-state index in [2.05, 4.69) is 15.5 Å². The lowest BCUT2D eigenvalue weighted by molar-refractivity contribution is -0.115. The van der Waals surface area contributed by atoms with Gasteiger partial charge in [0.25, 0.3) is 5.91 Å². The van der Waals surface area contributed by atoms with Crippen LogP contribution in [-0.4, -0.2) is 72.5 Å². The predicted molar refractivity (Wildman–Crippen MR) is 129 cm³/mol. The maximum Gasteiger partial charge on any atom is 0.317 e. The largest absolute Gasteiger partial charge is 0.369 e. The molecule has 0 saturated carbocycles. The Labute approximate surface area is 192 Å². The molecule has 0 radical (unpaired) electrons. The summed E-state index contributed by atoms with van der Waals surface area (Å²) in [5.74, 6) is -0.140. The molecule has 1 saturated heterocycles. The maximum atomic E-state index is 13.3. The zero-order chi connectivity index (χ0) is 23.9. The average Bonchev–Trinajstić information content (AvgIpc) is 2.99. The van der Waals surface area contributed by atoms with E-state index in [0.717, 1.165) is 18.7 Å². The molecule has 0 aliphatic carbocycles. The van der Waals surface area contributed by atoms with Crippen LogP contribution in [0.3, 0.4) is 0 Å². The number of amides is 4. The summed E-state index contributed by atoms with van der Waals surface area (Å²) in [6, 6.07) is 5.47. The van der Waals surface area contributed by atoms with E-state index in [1.54, 1.807) is 17.9 Å². The van der Waals surface area contributed by atoms with Crippen molar-refractivity contribution >= 4 is 29.2 Å². The summed E-state index contributed by atoms with van der Waals surface area (Å²) in [5.41, 5.74) is 1.76. The number of nitrogens with one attached hydrogen (secondary N) is 2. The van der Waals surface area contributed by atoms with E-state index < -0.39 is 0 Å². The Morgan fingerprint density at radius 2 is 1.69 bits per heavy atom. The third-order valence-corrected chi connectivity index (χ3v) is 5.49. The molecule has 1 aliphatic heterocycles. The van der Waals surface area contributed by atoms with Crippen LogP contribution >= 0.6 is 0 Å². The number of hydrogen-bond acceptors (Lipinski definition) is 4. The zero-order valence-corrected chi connectivity index (χ0v) is 20.5. The van der Waals surface area contributed by atoms with Crippen molar-refractivity contribution in [1.82, 2.24) is 15.1 Å². The highest BCUT2D eigenvalue weighted by molar-refractivity contribution is 6.02. The van der Waals surface area contributed by atoms with Crippen LogP contribution in [0.5, 0.6) is 0 Å². The normalized spacial score (nSPS) is 14.6. The molecular weight excluding hydrogens is 406 g/mol. The molecule has 1 aromatic rings. The van der Waals surface area contributed by atoms with Gasteiger partial charge in [0, 0.05) is 62.6 Å². The van der Waals surface area contributed by atoms with Crippen LogP contribution < -0.4 is 15.5 Å². The lowest BCUT2D eigenvalue weighted by atomic mass is 10.1. The summed E-state index contributed by atoms with van der Waals surface area (Å²) in [6.07, 6.45) is 1.18. The Bertz CT molecular complexity index is 814. The molecule has 4 amide bonds. The van der Waals surface area contributed by atoms with Crippen molar-refractivity contribution in [3.8, 4) is 0 Å². The summed E-state index contributed by atoms with van der Waals surface area (Å²) in [6.45, 7) is 15.5. The number of anilines is 2. The van der Waals surface area contributed by atoms with Gasteiger partial charge in [-0.2, -0.15) is 0 Å². The van der Waals surface area contributed by atoms with Crippen molar-refractivity contribution in [2.75, 3.05) is 49.5 Å². The molecule has 0 bridgehead atoms. The molecule has 2 N–H and O–H groups in total. The molecule has 8 nitrogen and oxygen atoms in total. The van der Waals surface area contributed by atoms with Gasteiger partial charge in [0.2, 0.25) is 5.91 Å². The third kappa shape index (κ3) is 6.87. The van der Waals surface area contributed by atoms with Gasteiger partial charge < -0.3 is 25.3 Å². The smallest absolute Gasteiger partial charge is 0.317 e. The lowest BCUT2D eigenvalue weighted by Crippen LogP contribution is -2.49. The monoisotopic (exact) mass is 445 g/mol. The third-order valence-electron chi connectivity index (χ3n) is 5.49. The Hall–Kier alpha value is -2.77. The molecule has 1 fully saturated rings. The number of urea groups is 1. The molecule has 0 aromatic heterocycles. The Morgan fingerprint density at radius 3 is 2.28 bits per heavy atom. The molecule has 0 atom stereocenters. The molecule has 1 heterocycles. The summed E-state index contributed by atoms with van der Waals surface area (Å²) in [5, 5.41) is 5.89. The highest BCUT2D eigenvalue weighted by atomic mass is 16.2. The molecule has 2 rings (SSSR count). The van der Waals surface area contributed by atoms with Crippen LogP contribution in [0.4, 0.5) is 16.2 Å². The standard InChI is InChI=1S/C24H39N5O3/c1-7-21(30)25-18-11-12-20(19(17-18)22(31)27(8-2)9-3)28-13-10-14-29(16-15-28)23(32)26-24(4,5)6/h11-12,17H,7-10,13-16H2,1-6H3,(H,25,30)(H,26,32). The zero-order valence-electron chi connectivity index (χ0n) is 20.5. The van der Waals surface area contributed by atoms with E-state index in [4.69, 9.17) is 0 Å². The first-order chi connectivity index (χ1) is 15.1. The fourth-order valence-electron chi connectivity index (χ4n) is 3.75. The van der Waals surface area contributed by atoms with Gasteiger partial charge in [0.15, 0.2) is 0 Å². The number of carbonyl (C=O) groups is 3. The Balaban J connectivity index is 2.29. The number of carbonyl (C=O) groups excluding carboxylic acids is 3. The molecule has 32 heavy (non-hydrogen) atoms. The Kier molecular flexibility index (Phi) is 8.92. The maximum absolute atomic E-state index is 13.3. The van der Waals surface area contributed by atoms with Gasteiger partial charge in [-0.15, -0.1) is 0 Å². The second-order valence-corrected chi connectivity index (χ2v) is 9.12. The van der Waals surface area contributed by atoms with E-state index in [-0.39, 0.29) is 23.4 Å². The molecule has 1 aromatic carbocycles. The minimum atomic E-state index is -0.287. The van der Waals surface area contributed by atoms with Crippen molar-refractivity contribution in [2.45, 2.75) is 59.9 Å². The van der Waals surface area contributed by atoms with Crippen LogP contribution in [0.1, 0.15) is 64.7 Å². The minimum Gasteiger partial charge on any atom is -0.369 e. The fraction of sp³-hybridized carbons (Fsp3) is 0.625. The topological polar surface area (TPSA) is 85.0 Å². The van der Waals surface area contributed by atoms with Crippen LogP contribution in [0, 0.1) is 0 Å². The summed E-state index contributed by atoms with van der Waals surface area (Å²) in [7, 11) is 0. The first-order valence-corrected chi connectivity index (χ1v) is 11.6. The number of hydrogen-bond donors (Lipinski definition) is 2. The van der Waals surface area contributed by atoms with E-state index in [0.29, 0.717) is 50.4 Å². The van der Waals surface area contributed by atoms with Gasteiger partial charge in [0.1, 0.15) is 0 Å². The van der Waals surface area contributed by atoms with E-state index in [1.807, 2.05) is 51.7 Å².